The Morgan fingerprint density at radius 1 is 0.900 bits per heavy atom. The predicted octanol–water partition coefficient (Wildman–Crippen LogP) is 5.53. The zero-order chi connectivity index (χ0) is 21.2. The second-order valence-electron chi connectivity index (χ2n) is 7.41. The van der Waals surface area contributed by atoms with Gasteiger partial charge >= 0.3 is 0 Å². The van der Waals surface area contributed by atoms with Crippen molar-refractivity contribution in [3.05, 3.63) is 101 Å². The molecule has 0 fully saturated rings. The maximum absolute atomic E-state index is 13.1. The summed E-state index contributed by atoms with van der Waals surface area (Å²) in [5.74, 6) is 0. The maximum Gasteiger partial charge on any atom is 0.236 e. The van der Waals surface area contributed by atoms with Crippen LogP contribution in [0.15, 0.2) is 84.4 Å². The Hall–Kier alpha value is -2.63. The molecule has 0 N–H and O–H groups in total. The van der Waals surface area contributed by atoms with Crippen LogP contribution in [0.4, 0.5) is 0 Å². The Kier molecular flexibility index (Phi) is 8.05. The summed E-state index contributed by atoms with van der Waals surface area (Å²) < 4.78 is 30.0. The van der Waals surface area contributed by atoms with Crippen LogP contribution in [0.5, 0.6) is 0 Å². The molecule has 0 amide bonds. The molecule has 0 aliphatic rings. The van der Waals surface area contributed by atoms with Gasteiger partial charge in [-0.1, -0.05) is 80.4 Å². The molecule has 0 atom stereocenters. The molecule has 0 radical (unpaired) electrons. The van der Waals surface area contributed by atoms with Crippen LogP contribution in [0.2, 0.25) is 0 Å². The van der Waals surface area contributed by atoms with Crippen LogP contribution in [0.25, 0.3) is 6.08 Å². The number of rotatable bonds is 11. The summed E-state index contributed by atoms with van der Waals surface area (Å²) in [5.41, 5.74) is 3.06. The van der Waals surface area contributed by atoms with Crippen molar-refractivity contribution in [3.8, 4) is 0 Å². The topological polar surface area (TPSA) is 42.3 Å². The predicted molar refractivity (Wildman–Crippen MR) is 124 cm³/mol. The van der Waals surface area contributed by atoms with Crippen molar-refractivity contribution in [2.75, 3.05) is 6.54 Å². The molecule has 3 rings (SSSR count). The molecular weight excluding hydrogens is 392 g/mol. The van der Waals surface area contributed by atoms with Gasteiger partial charge in [0.05, 0.1) is 6.54 Å². The lowest BCUT2D eigenvalue weighted by Crippen LogP contribution is -2.31. The monoisotopic (exact) mass is 422 g/mol. The summed E-state index contributed by atoms with van der Waals surface area (Å²) >= 11 is 0. The number of unbranched alkanes of at least 4 members (excludes halogenated alkanes) is 2. The quantitative estimate of drug-likeness (QED) is 0.381. The van der Waals surface area contributed by atoms with Gasteiger partial charge in [0.1, 0.15) is 0 Å². The Bertz CT molecular complexity index is 1030. The van der Waals surface area contributed by atoms with Gasteiger partial charge in [-0.05, 0) is 35.8 Å². The van der Waals surface area contributed by atoms with Crippen molar-refractivity contribution in [3.63, 3.8) is 0 Å². The fourth-order valence-electron chi connectivity index (χ4n) is 3.36. The molecule has 0 saturated heterocycles. The summed E-state index contributed by atoms with van der Waals surface area (Å²) in [5, 5.41) is 1.33. The first-order chi connectivity index (χ1) is 14.6. The normalized spacial score (nSPS) is 12.1. The van der Waals surface area contributed by atoms with Crippen molar-refractivity contribution >= 4 is 16.1 Å². The molecule has 0 saturated carbocycles. The minimum Gasteiger partial charge on any atom is -0.346 e. The second-order valence-corrected chi connectivity index (χ2v) is 9.23. The van der Waals surface area contributed by atoms with Crippen LogP contribution >= 0.6 is 0 Å². The van der Waals surface area contributed by atoms with Gasteiger partial charge in [0, 0.05) is 30.4 Å². The molecule has 1 aromatic heterocycles. The van der Waals surface area contributed by atoms with Gasteiger partial charge in [-0.3, -0.25) is 0 Å². The number of nitrogens with zero attached hydrogens (tertiary/aromatic N) is 2. The lowest BCUT2D eigenvalue weighted by molar-refractivity contribution is 0.390. The van der Waals surface area contributed by atoms with E-state index in [4.69, 9.17) is 0 Å². The van der Waals surface area contributed by atoms with E-state index in [1.165, 1.54) is 11.0 Å². The van der Waals surface area contributed by atoms with Crippen LogP contribution in [0.3, 0.4) is 0 Å². The van der Waals surface area contributed by atoms with Gasteiger partial charge in [-0.2, -0.15) is 4.31 Å². The highest BCUT2D eigenvalue weighted by atomic mass is 32.2. The van der Waals surface area contributed by atoms with Gasteiger partial charge in [0.25, 0.3) is 0 Å². The maximum atomic E-state index is 13.1. The van der Waals surface area contributed by atoms with Gasteiger partial charge < -0.3 is 4.57 Å². The SMILES string of the molecule is CCCCCN(Cc1cccn1Cc1ccccc1)S(=O)(=O)/C=C/c1ccccc1. The number of sulfonamides is 1. The number of hydrogen-bond acceptors (Lipinski definition) is 2. The molecule has 1 heterocycles. The first-order valence-corrected chi connectivity index (χ1v) is 12.0. The fraction of sp³-hybridized carbons (Fsp3) is 0.280. The summed E-state index contributed by atoms with van der Waals surface area (Å²) in [6.07, 6.45) is 6.61. The molecule has 3 aromatic rings. The van der Waals surface area contributed by atoms with Gasteiger partial charge in [0.15, 0.2) is 0 Å². The highest BCUT2D eigenvalue weighted by Gasteiger charge is 2.20. The average Bonchev–Trinajstić information content (AvgIpc) is 3.20. The van der Waals surface area contributed by atoms with E-state index in [-0.39, 0.29) is 0 Å². The van der Waals surface area contributed by atoms with Crippen molar-refractivity contribution < 1.29 is 8.42 Å². The van der Waals surface area contributed by atoms with Gasteiger partial charge in [0.2, 0.25) is 10.0 Å². The van der Waals surface area contributed by atoms with Crippen molar-refractivity contribution in [1.82, 2.24) is 8.87 Å². The van der Waals surface area contributed by atoms with E-state index in [9.17, 15) is 8.42 Å². The molecule has 0 bridgehead atoms. The Balaban J connectivity index is 1.79. The highest BCUT2D eigenvalue weighted by molar-refractivity contribution is 7.92. The minimum absolute atomic E-state index is 0.366. The summed E-state index contributed by atoms with van der Waals surface area (Å²) in [4.78, 5) is 0. The zero-order valence-electron chi connectivity index (χ0n) is 17.5. The van der Waals surface area contributed by atoms with E-state index >= 15 is 0 Å². The van der Waals surface area contributed by atoms with Crippen molar-refractivity contribution in [1.29, 1.82) is 0 Å². The van der Waals surface area contributed by atoms with E-state index in [0.717, 1.165) is 37.1 Å². The van der Waals surface area contributed by atoms with Crippen molar-refractivity contribution in [2.45, 2.75) is 39.3 Å². The van der Waals surface area contributed by atoms with Crippen LogP contribution in [0.1, 0.15) is 43.0 Å². The number of benzene rings is 2. The Labute approximate surface area is 180 Å². The van der Waals surface area contributed by atoms with Crippen LogP contribution in [-0.2, 0) is 23.1 Å². The Morgan fingerprint density at radius 2 is 1.60 bits per heavy atom. The molecule has 5 heteroatoms. The first-order valence-electron chi connectivity index (χ1n) is 10.5. The average molecular weight is 423 g/mol. The van der Waals surface area contributed by atoms with E-state index in [0.29, 0.717) is 13.1 Å². The summed E-state index contributed by atoms with van der Waals surface area (Å²) in [6, 6.07) is 23.7. The summed E-state index contributed by atoms with van der Waals surface area (Å²) in [7, 11) is -3.53. The zero-order valence-corrected chi connectivity index (χ0v) is 18.3. The van der Waals surface area contributed by atoms with Crippen LogP contribution in [0, 0.1) is 0 Å². The minimum atomic E-state index is -3.53. The standard InChI is InChI=1S/C25H30N2O2S/c1-2-3-10-19-27(30(28,29)20-17-23-12-6-4-7-13-23)22-25-16-11-18-26(25)21-24-14-8-5-9-15-24/h4-9,11-18,20H,2-3,10,19,21-22H2,1H3/b20-17+. The molecule has 0 spiro atoms. The Morgan fingerprint density at radius 3 is 2.30 bits per heavy atom. The molecule has 158 valence electrons. The van der Waals surface area contributed by atoms with E-state index in [2.05, 4.69) is 23.6 Å². The van der Waals surface area contributed by atoms with E-state index < -0.39 is 10.0 Å². The van der Waals surface area contributed by atoms with Crippen molar-refractivity contribution in [2.24, 2.45) is 0 Å². The molecular formula is C25H30N2O2S. The van der Waals surface area contributed by atoms with Gasteiger partial charge in [-0.15, -0.1) is 0 Å². The lowest BCUT2D eigenvalue weighted by atomic mass is 10.2. The molecule has 0 unspecified atom stereocenters. The first kappa shape index (κ1) is 22.1. The summed E-state index contributed by atoms with van der Waals surface area (Å²) in [6.45, 7) is 3.74. The largest absolute Gasteiger partial charge is 0.346 e. The molecule has 0 aliphatic heterocycles. The molecule has 0 aliphatic carbocycles. The highest BCUT2D eigenvalue weighted by Crippen LogP contribution is 2.16. The molecule has 4 nitrogen and oxygen atoms in total. The fourth-order valence-corrected chi connectivity index (χ4v) is 4.55. The second kappa shape index (κ2) is 11.0. The smallest absolute Gasteiger partial charge is 0.236 e. The number of hydrogen-bond donors (Lipinski definition) is 0. The van der Waals surface area contributed by atoms with Crippen LogP contribution in [-0.4, -0.2) is 23.8 Å². The number of aromatic nitrogens is 1. The van der Waals surface area contributed by atoms with E-state index in [1.54, 1.807) is 10.4 Å². The lowest BCUT2D eigenvalue weighted by Gasteiger charge is -2.21. The van der Waals surface area contributed by atoms with Crippen LogP contribution < -0.4 is 0 Å². The third-order valence-corrected chi connectivity index (χ3v) is 6.57. The van der Waals surface area contributed by atoms with E-state index in [1.807, 2.05) is 66.9 Å². The third kappa shape index (κ3) is 6.44. The molecule has 2 aromatic carbocycles. The molecule has 30 heavy (non-hydrogen) atoms. The third-order valence-electron chi connectivity index (χ3n) is 5.06. The van der Waals surface area contributed by atoms with Gasteiger partial charge in [-0.25, -0.2) is 8.42 Å².